The molecule has 80 heavy (non-hydrogen) atoms. The first kappa shape index (κ1) is 48.9. The van der Waals surface area contributed by atoms with Gasteiger partial charge in [-0.15, -0.1) is 0 Å². The highest BCUT2D eigenvalue weighted by Crippen LogP contribution is 2.41. The third-order valence-corrected chi connectivity index (χ3v) is 15.9. The molecule has 2 aliphatic rings. The summed E-state index contributed by atoms with van der Waals surface area (Å²) < 4.78 is 27.6. The zero-order valence-corrected chi connectivity index (χ0v) is 44.3. The monoisotopic (exact) mass is 1040 g/mol. The second-order valence-electron chi connectivity index (χ2n) is 20.8. The number of nitrogens with zero attached hydrogens (tertiary/aromatic N) is 2. The number of anilines is 3. The normalized spacial score (nSPS) is 14.2. The Balaban J connectivity index is 0.725. The second kappa shape index (κ2) is 21.8. The van der Waals surface area contributed by atoms with Crippen molar-refractivity contribution in [3.63, 3.8) is 0 Å². The van der Waals surface area contributed by atoms with Crippen LogP contribution in [-0.2, 0) is 22.3 Å². The van der Waals surface area contributed by atoms with Crippen molar-refractivity contribution in [1.29, 1.82) is 0 Å². The molecular weight excluding hydrogens is 981 g/mol. The number of hydrogen-bond donors (Lipinski definition) is 0. The first-order chi connectivity index (χ1) is 39.6. The summed E-state index contributed by atoms with van der Waals surface area (Å²) in [7, 11) is 0. The maximum Gasteiger partial charge on any atom is 0.123 e. The lowest BCUT2D eigenvalue weighted by Crippen LogP contribution is -2.22. The quantitative estimate of drug-likeness (QED) is 0.0802. The summed E-state index contributed by atoms with van der Waals surface area (Å²) in [6.45, 7) is 1.85. The Hall–Kier alpha value is -9.46. The van der Waals surface area contributed by atoms with Crippen LogP contribution in [0.1, 0.15) is 34.5 Å². The van der Waals surface area contributed by atoms with Gasteiger partial charge in [0.1, 0.15) is 24.7 Å². The van der Waals surface area contributed by atoms with E-state index in [9.17, 15) is 0 Å². The molecule has 0 radical (unpaired) electrons. The van der Waals surface area contributed by atoms with Crippen molar-refractivity contribution < 1.29 is 18.9 Å². The number of fused-ring (bicyclic) bond motifs is 5. The molecule has 2 aliphatic carbocycles. The number of rotatable bonds is 18. The van der Waals surface area contributed by atoms with E-state index in [0.717, 1.165) is 80.4 Å². The fourth-order valence-corrected chi connectivity index (χ4v) is 11.7. The van der Waals surface area contributed by atoms with Gasteiger partial charge in [-0.1, -0.05) is 182 Å². The van der Waals surface area contributed by atoms with E-state index in [-0.39, 0.29) is 12.2 Å². The average Bonchev–Trinajstić information content (AvgIpc) is 3.85. The largest absolute Gasteiger partial charge is 0.491 e. The highest BCUT2D eigenvalue weighted by atomic mass is 16.5. The Morgan fingerprint density at radius 1 is 0.325 bits per heavy atom. The summed E-state index contributed by atoms with van der Waals surface area (Å²) in [5.74, 6) is 1.47. The topological polar surface area (TPSA) is 45.1 Å². The predicted molar refractivity (Wildman–Crippen MR) is 326 cm³/mol. The van der Waals surface area contributed by atoms with Crippen molar-refractivity contribution in [2.75, 3.05) is 31.3 Å². The molecule has 12 aromatic rings. The molecule has 6 heteroatoms. The van der Waals surface area contributed by atoms with Crippen LogP contribution in [0.25, 0.3) is 72.0 Å². The molecule has 0 saturated carbocycles. The molecule has 388 valence electrons. The van der Waals surface area contributed by atoms with Gasteiger partial charge in [-0.25, -0.2) is 0 Å². The van der Waals surface area contributed by atoms with Gasteiger partial charge >= 0.3 is 0 Å². The van der Waals surface area contributed by atoms with Gasteiger partial charge in [0.05, 0.1) is 36.5 Å². The number of benzene rings is 11. The molecule has 11 aromatic carbocycles. The minimum absolute atomic E-state index is 0.124. The SMILES string of the molecule is c1ccc(-c2ccc(N(c3ccc(-c4ccccc4)cc3)c3ccc(-c4ccc5c(c4)c4ccccc4n5-c4ccc(-c5cc(OCCOC6Cc7ccccc76)cc(OCCOC6Cc7ccccc76)c5)cc4)cc3)cc2)cc1. The fraction of sp³-hybridized carbons (Fsp3) is 0.108. The van der Waals surface area contributed by atoms with Crippen LogP contribution in [-0.4, -0.2) is 31.0 Å². The highest BCUT2D eigenvalue weighted by molar-refractivity contribution is 6.10. The molecular formula is C74H58N2O4. The molecule has 2 unspecified atom stereocenters. The lowest BCUT2D eigenvalue weighted by Gasteiger charge is -2.30. The average molecular weight is 1040 g/mol. The van der Waals surface area contributed by atoms with Gasteiger partial charge < -0.3 is 28.4 Å². The molecule has 0 aliphatic heterocycles. The minimum Gasteiger partial charge on any atom is -0.491 e. The summed E-state index contributed by atoms with van der Waals surface area (Å²) in [5.41, 5.74) is 21.1. The van der Waals surface area contributed by atoms with Crippen molar-refractivity contribution in [1.82, 2.24) is 4.57 Å². The highest BCUT2D eigenvalue weighted by Gasteiger charge is 2.27. The first-order valence-corrected chi connectivity index (χ1v) is 27.8. The Morgan fingerprint density at radius 2 is 0.738 bits per heavy atom. The zero-order chi connectivity index (χ0) is 53.2. The second-order valence-corrected chi connectivity index (χ2v) is 20.8. The lowest BCUT2D eigenvalue weighted by atomic mass is 9.85. The third kappa shape index (κ3) is 9.81. The molecule has 14 rings (SSSR count). The zero-order valence-electron chi connectivity index (χ0n) is 44.3. The van der Waals surface area contributed by atoms with E-state index in [1.165, 1.54) is 55.3 Å². The van der Waals surface area contributed by atoms with E-state index >= 15 is 0 Å². The molecule has 6 nitrogen and oxygen atoms in total. The van der Waals surface area contributed by atoms with Gasteiger partial charge in [-0.2, -0.15) is 0 Å². The lowest BCUT2D eigenvalue weighted by molar-refractivity contribution is 0.0184. The number of para-hydroxylation sites is 1. The first-order valence-electron chi connectivity index (χ1n) is 27.8. The van der Waals surface area contributed by atoms with Gasteiger partial charge in [0.25, 0.3) is 0 Å². The summed E-state index contributed by atoms with van der Waals surface area (Å²) in [6.07, 6.45) is 2.13. The molecule has 2 atom stereocenters. The van der Waals surface area contributed by atoms with E-state index in [2.05, 4.69) is 270 Å². The molecule has 0 N–H and O–H groups in total. The van der Waals surface area contributed by atoms with Crippen LogP contribution in [0.5, 0.6) is 11.5 Å². The molecule has 0 saturated heterocycles. The summed E-state index contributed by atoms with van der Waals surface area (Å²) in [4.78, 5) is 2.34. The van der Waals surface area contributed by atoms with Gasteiger partial charge in [-0.3, -0.25) is 0 Å². The van der Waals surface area contributed by atoms with E-state index in [1.807, 2.05) is 6.07 Å². The Labute approximate surface area is 467 Å². The summed E-state index contributed by atoms with van der Waals surface area (Å²) in [5, 5.41) is 2.41. The summed E-state index contributed by atoms with van der Waals surface area (Å²) in [6, 6.07) is 95.4. The van der Waals surface area contributed by atoms with Crippen LogP contribution < -0.4 is 14.4 Å². The number of aromatic nitrogens is 1. The summed E-state index contributed by atoms with van der Waals surface area (Å²) >= 11 is 0. The molecule has 0 spiro atoms. The standard InChI is InChI=1S/C74H58N2O4/c1-3-13-51(14-4-1)53-23-32-61(33-24-53)75(62-34-25-54(26-35-62)52-15-5-2-6-16-52)63-36-27-55(28-37-63)57-31-40-72-70(47-57)69-21-11-12-22-71(69)76(72)64-38-29-56(30-39-64)60-45-65(77-41-43-79-73-48-58-17-7-9-19-67(58)73)50-66(46-60)78-42-44-80-74-49-59-18-8-10-20-68(59)74/h1-40,45-47,50,73-74H,41-44,48-49H2. The molecule has 0 amide bonds. The van der Waals surface area contributed by atoms with Crippen LogP contribution >= 0.6 is 0 Å². The van der Waals surface area contributed by atoms with E-state index < -0.39 is 0 Å². The molecule has 0 bridgehead atoms. The van der Waals surface area contributed by atoms with Crippen molar-refractivity contribution in [3.8, 4) is 61.7 Å². The van der Waals surface area contributed by atoms with Crippen LogP contribution in [0, 0.1) is 0 Å². The van der Waals surface area contributed by atoms with Crippen molar-refractivity contribution in [2.45, 2.75) is 25.0 Å². The number of hydrogen-bond acceptors (Lipinski definition) is 5. The Morgan fingerprint density at radius 3 is 1.26 bits per heavy atom. The Bertz CT molecular complexity index is 3960. The van der Waals surface area contributed by atoms with Gasteiger partial charge in [-0.05, 0) is 146 Å². The maximum absolute atomic E-state index is 6.39. The van der Waals surface area contributed by atoms with Gasteiger partial charge in [0.15, 0.2) is 0 Å². The molecule has 1 aromatic heterocycles. The van der Waals surface area contributed by atoms with Crippen molar-refractivity contribution in [3.05, 3.63) is 289 Å². The Kier molecular flexibility index (Phi) is 13.3. The van der Waals surface area contributed by atoms with Crippen LogP contribution in [0.2, 0.25) is 0 Å². The minimum atomic E-state index is 0.124. The van der Waals surface area contributed by atoms with Crippen LogP contribution in [0.3, 0.4) is 0 Å². The van der Waals surface area contributed by atoms with Gasteiger partial charge in [0, 0.05) is 52.4 Å². The van der Waals surface area contributed by atoms with E-state index in [4.69, 9.17) is 18.9 Å². The molecule has 1 heterocycles. The smallest absolute Gasteiger partial charge is 0.123 e. The van der Waals surface area contributed by atoms with Crippen molar-refractivity contribution in [2.24, 2.45) is 0 Å². The fourth-order valence-electron chi connectivity index (χ4n) is 11.7. The van der Waals surface area contributed by atoms with Gasteiger partial charge in [0.2, 0.25) is 0 Å². The number of ether oxygens (including phenoxy) is 4. The van der Waals surface area contributed by atoms with Crippen LogP contribution in [0.4, 0.5) is 17.1 Å². The van der Waals surface area contributed by atoms with Crippen molar-refractivity contribution >= 4 is 38.9 Å². The predicted octanol–water partition coefficient (Wildman–Crippen LogP) is 18.3. The maximum atomic E-state index is 6.39. The van der Waals surface area contributed by atoms with E-state index in [1.54, 1.807) is 0 Å². The third-order valence-electron chi connectivity index (χ3n) is 15.9. The van der Waals surface area contributed by atoms with Crippen LogP contribution in [0.15, 0.2) is 267 Å². The molecule has 0 fully saturated rings. The van der Waals surface area contributed by atoms with E-state index in [0.29, 0.717) is 26.4 Å².